The van der Waals surface area contributed by atoms with E-state index in [9.17, 15) is 13.2 Å². The topological polar surface area (TPSA) is 53.1 Å². The summed E-state index contributed by atoms with van der Waals surface area (Å²) in [5.74, 6) is 0.523. The van der Waals surface area contributed by atoms with E-state index in [1.807, 2.05) is 0 Å². The number of rotatable bonds is 4. The van der Waals surface area contributed by atoms with E-state index < -0.39 is 6.36 Å². The fourth-order valence-corrected chi connectivity index (χ4v) is 2.02. The lowest BCUT2D eigenvalue weighted by molar-refractivity contribution is -0.274. The van der Waals surface area contributed by atoms with Crippen LogP contribution in [0.5, 0.6) is 5.75 Å². The molecule has 2 N–H and O–H groups in total. The number of nitrogens with zero attached hydrogens (tertiary/aromatic N) is 2. The Bertz CT molecular complexity index is 662. The number of aryl methyl sites for hydroxylation is 1. The van der Waals surface area contributed by atoms with Crippen LogP contribution in [0.25, 0.3) is 11.3 Å². The summed E-state index contributed by atoms with van der Waals surface area (Å²) in [5.41, 5.74) is 6.42. The van der Waals surface area contributed by atoms with Gasteiger partial charge in [-0.25, -0.2) is 4.98 Å². The van der Waals surface area contributed by atoms with E-state index in [1.165, 1.54) is 18.2 Å². The van der Waals surface area contributed by atoms with Crippen LogP contribution in [0.4, 0.5) is 19.0 Å². The molecular formula is C14H14F3N3O. The van der Waals surface area contributed by atoms with E-state index in [4.69, 9.17) is 5.73 Å². The zero-order chi connectivity index (χ0) is 15.6. The minimum atomic E-state index is -4.77. The van der Waals surface area contributed by atoms with Gasteiger partial charge in [-0.3, -0.25) is 0 Å². The van der Waals surface area contributed by atoms with Crippen molar-refractivity contribution in [2.24, 2.45) is 0 Å². The monoisotopic (exact) mass is 297 g/mol. The zero-order valence-corrected chi connectivity index (χ0v) is 11.3. The Hall–Kier alpha value is -2.44. The Morgan fingerprint density at radius 1 is 1.38 bits per heavy atom. The van der Waals surface area contributed by atoms with E-state index in [0.717, 1.165) is 0 Å². The van der Waals surface area contributed by atoms with Crippen molar-refractivity contribution in [3.63, 3.8) is 0 Å². The molecule has 0 spiro atoms. The normalized spacial score (nSPS) is 11.4. The van der Waals surface area contributed by atoms with E-state index in [-0.39, 0.29) is 22.8 Å². The van der Waals surface area contributed by atoms with Gasteiger partial charge in [-0.15, -0.1) is 19.8 Å². The Labute approximate surface area is 119 Å². The lowest BCUT2D eigenvalue weighted by Crippen LogP contribution is -2.17. The molecule has 0 aliphatic rings. The molecule has 0 aliphatic carbocycles. The van der Waals surface area contributed by atoms with Gasteiger partial charge in [0.05, 0.1) is 0 Å². The van der Waals surface area contributed by atoms with Gasteiger partial charge in [-0.1, -0.05) is 18.2 Å². The number of nitrogen functional groups attached to an aromatic ring is 1. The molecule has 7 heteroatoms. The largest absolute Gasteiger partial charge is 0.573 e. The Kier molecular flexibility index (Phi) is 3.93. The first-order valence-electron chi connectivity index (χ1n) is 6.12. The number of alkyl halides is 3. The lowest BCUT2D eigenvalue weighted by Gasteiger charge is -2.12. The van der Waals surface area contributed by atoms with E-state index >= 15 is 0 Å². The van der Waals surface area contributed by atoms with Crippen LogP contribution >= 0.6 is 0 Å². The molecule has 1 heterocycles. The van der Waals surface area contributed by atoms with Crippen molar-refractivity contribution in [3.05, 3.63) is 42.7 Å². The van der Waals surface area contributed by atoms with Crippen LogP contribution < -0.4 is 10.5 Å². The maximum Gasteiger partial charge on any atom is 0.573 e. The first-order chi connectivity index (χ1) is 9.83. The fraction of sp³-hybridized carbons (Fsp3) is 0.214. The van der Waals surface area contributed by atoms with Crippen LogP contribution in [-0.2, 0) is 6.54 Å². The van der Waals surface area contributed by atoms with Crippen molar-refractivity contribution in [2.75, 3.05) is 5.73 Å². The maximum absolute atomic E-state index is 12.5. The van der Waals surface area contributed by atoms with Gasteiger partial charge in [0.15, 0.2) is 0 Å². The molecule has 2 rings (SSSR count). The van der Waals surface area contributed by atoms with Crippen LogP contribution in [0.2, 0.25) is 0 Å². The maximum atomic E-state index is 12.5. The molecule has 0 aliphatic heterocycles. The van der Waals surface area contributed by atoms with Gasteiger partial charge in [0.25, 0.3) is 0 Å². The standard InChI is InChI=1S/C14H14F3N3O/c1-3-8-20-9(2)19-12(13(20)18)10-6-4-5-7-11(10)21-14(15,16)17/h3-7H,1,8,18H2,2H3. The highest BCUT2D eigenvalue weighted by atomic mass is 19.4. The minimum absolute atomic E-state index is 0.193. The number of ether oxygens (including phenoxy) is 1. The number of imidazole rings is 1. The summed E-state index contributed by atoms with van der Waals surface area (Å²) in [7, 11) is 0. The van der Waals surface area contributed by atoms with Crippen LogP contribution in [0.15, 0.2) is 36.9 Å². The zero-order valence-electron chi connectivity index (χ0n) is 11.3. The van der Waals surface area contributed by atoms with Crippen LogP contribution in [-0.4, -0.2) is 15.9 Å². The third-order valence-corrected chi connectivity index (χ3v) is 2.88. The molecule has 0 saturated heterocycles. The van der Waals surface area contributed by atoms with Gasteiger partial charge in [0.2, 0.25) is 0 Å². The summed E-state index contributed by atoms with van der Waals surface area (Å²) in [6.45, 7) is 5.75. The molecule has 0 amide bonds. The lowest BCUT2D eigenvalue weighted by atomic mass is 10.1. The molecule has 1 aromatic heterocycles. The number of para-hydroxylation sites is 1. The summed E-state index contributed by atoms with van der Waals surface area (Å²) in [5, 5.41) is 0. The molecule has 0 saturated carbocycles. The van der Waals surface area contributed by atoms with Crippen molar-refractivity contribution >= 4 is 5.82 Å². The highest BCUT2D eigenvalue weighted by molar-refractivity contribution is 5.76. The van der Waals surface area contributed by atoms with E-state index in [0.29, 0.717) is 12.4 Å². The van der Waals surface area contributed by atoms with Gasteiger partial charge < -0.3 is 15.0 Å². The number of aromatic nitrogens is 2. The number of hydrogen-bond donors (Lipinski definition) is 1. The Morgan fingerprint density at radius 2 is 2.05 bits per heavy atom. The average molecular weight is 297 g/mol. The first kappa shape index (κ1) is 15.0. The summed E-state index contributed by atoms with van der Waals surface area (Å²) in [6.07, 6.45) is -3.14. The average Bonchev–Trinajstić information content (AvgIpc) is 2.66. The van der Waals surface area contributed by atoms with Crippen LogP contribution in [0, 0.1) is 6.92 Å². The third kappa shape index (κ3) is 3.18. The molecule has 1 aromatic carbocycles. The van der Waals surface area contributed by atoms with Gasteiger partial charge in [-0.05, 0) is 19.1 Å². The minimum Gasteiger partial charge on any atom is -0.405 e. The molecule has 0 atom stereocenters. The SMILES string of the molecule is C=CCn1c(C)nc(-c2ccccc2OC(F)(F)F)c1N. The molecule has 4 nitrogen and oxygen atoms in total. The summed E-state index contributed by atoms with van der Waals surface area (Å²) in [6, 6.07) is 5.76. The van der Waals surface area contributed by atoms with Gasteiger partial charge in [0.1, 0.15) is 23.1 Å². The van der Waals surface area contributed by atoms with Gasteiger partial charge in [0, 0.05) is 12.1 Å². The number of anilines is 1. The second-order valence-electron chi connectivity index (χ2n) is 4.34. The Balaban J connectivity index is 2.52. The van der Waals surface area contributed by atoms with Gasteiger partial charge >= 0.3 is 6.36 Å². The van der Waals surface area contributed by atoms with E-state index in [1.54, 1.807) is 23.6 Å². The molecule has 0 radical (unpaired) electrons. The van der Waals surface area contributed by atoms with Crippen molar-refractivity contribution in [2.45, 2.75) is 19.8 Å². The second-order valence-corrected chi connectivity index (χ2v) is 4.34. The summed E-state index contributed by atoms with van der Waals surface area (Å²) in [4.78, 5) is 4.23. The van der Waals surface area contributed by atoms with Crippen LogP contribution in [0.1, 0.15) is 5.82 Å². The molecule has 112 valence electrons. The molecule has 21 heavy (non-hydrogen) atoms. The predicted molar refractivity (Wildman–Crippen MR) is 73.7 cm³/mol. The van der Waals surface area contributed by atoms with Crippen molar-refractivity contribution in [1.29, 1.82) is 0 Å². The third-order valence-electron chi connectivity index (χ3n) is 2.88. The van der Waals surface area contributed by atoms with E-state index in [2.05, 4.69) is 16.3 Å². The number of benzene rings is 1. The summed E-state index contributed by atoms with van der Waals surface area (Å²) < 4.78 is 43.0. The summed E-state index contributed by atoms with van der Waals surface area (Å²) >= 11 is 0. The number of nitrogens with two attached hydrogens (primary N) is 1. The molecule has 0 unspecified atom stereocenters. The number of halogens is 3. The quantitative estimate of drug-likeness (QED) is 0.878. The Morgan fingerprint density at radius 3 is 2.67 bits per heavy atom. The fourth-order valence-electron chi connectivity index (χ4n) is 2.02. The van der Waals surface area contributed by atoms with Crippen molar-refractivity contribution in [3.8, 4) is 17.0 Å². The predicted octanol–water partition coefficient (Wildman–Crippen LogP) is 3.53. The van der Waals surface area contributed by atoms with Crippen molar-refractivity contribution in [1.82, 2.24) is 9.55 Å². The molecule has 2 aromatic rings. The first-order valence-corrected chi connectivity index (χ1v) is 6.12. The van der Waals surface area contributed by atoms with Crippen LogP contribution in [0.3, 0.4) is 0 Å². The highest BCUT2D eigenvalue weighted by Gasteiger charge is 2.32. The molecule has 0 bridgehead atoms. The molecule has 0 fully saturated rings. The number of hydrogen-bond acceptors (Lipinski definition) is 3. The second kappa shape index (κ2) is 5.51. The van der Waals surface area contributed by atoms with Gasteiger partial charge in [-0.2, -0.15) is 0 Å². The highest BCUT2D eigenvalue weighted by Crippen LogP contribution is 2.36. The number of allylic oxidation sites excluding steroid dienone is 1. The molecular weight excluding hydrogens is 283 g/mol. The van der Waals surface area contributed by atoms with Crippen molar-refractivity contribution < 1.29 is 17.9 Å². The smallest absolute Gasteiger partial charge is 0.405 e.